The summed E-state index contributed by atoms with van der Waals surface area (Å²) in [6, 6.07) is 11.9. The van der Waals surface area contributed by atoms with Gasteiger partial charge in [-0.05, 0) is 67.5 Å². The molecule has 0 aliphatic carbocycles. The number of nitrogens with one attached hydrogen (secondary N) is 2. The van der Waals surface area contributed by atoms with Crippen molar-refractivity contribution in [3.63, 3.8) is 0 Å². The van der Waals surface area contributed by atoms with E-state index in [0.29, 0.717) is 35.8 Å². The first kappa shape index (κ1) is 22.8. The van der Waals surface area contributed by atoms with E-state index >= 15 is 0 Å². The first-order valence-corrected chi connectivity index (χ1v) is 10.5. The molecule has 0 atom stereocenters. The van der Waals surface area contributed by atoms with E-state index in [1.807, 2.05) is 19.9 Å². The van der Waals surface area contributed by atoms with Crippen molar-refractivity contribution in [2.75, 3.05) is 18.5 Å². The molecule has 0 radical (unpaired) electrons. The minimum atomic E-state index is -0.380. The van der Waals surface area contributed by atoms with E-state index in [1.54, 1.807) is 36.4 Å². The van der Waals surface area contributed by atoms with Gasteiger partial charge in [-0.15, -0.1) is 0 Å². The van der Waals surface area contributed by atoms with E-state index in [0.717, 1.165) is 17.3 Å². The van der Waals surface area contributed by atoms with Gasteiger partial charge in [-0.25, -0.2) is 4.79 Å². The van der Waals surface area contributed by atoms with Gasteiger partial charge >= 0.3 is 5.97 Å². The van der Waals surface area contributed by atoms with Crippen LogP contribution in [0.3, 0.4) is 0 Å². The van der Waals surface area contributed by atoms with Crippen LogP contribution in [0.25, 0.3) is 0 Å². The molecule has 2 rings (SSSR count). The number of amides is 1. The Labute approximate surface area is 184 Å². The number of hydrogen-bond acceptors (Lipinski definition) is 5. The van der Waals surface area contributed by atoms with Crippen LogP contribution in [0, 0.1) is 0 Å². The number of rotatable bonds is 8. The summed E-state index contributed by atoms with van der Waals surface area (Å²) in [4.78, 5) is 24.5. The average molecular weight is 479 g/mol. The summed E-state index contributed by atoms with van der Waals surface area (Å²) in [6.45, 7) is 4.82. The molecule has 0 bridgehead atoms. The Morgan fingerprint density at radius 2 is 1.72 bits per heavy atom. The second kappa shape index (κ2) is 11.5. The highest BCUT2D eigenvalue weighted by Gasteiger charge is 2.15. The maximum Gasteiger partial charge on any atom is 0.338 e. The largest absolute Gasteiger partial charge is 0.493 e. The van der Waals surface area contributed by atoms with E-state index in [4.69, 9.17) is 21.7 Å². The Kier molecular flexibility index (Phi) is 9.08. The topological polar surface area (TPSA) is 76.7 Å². The van der Waals surface area contributed by atoms with Crippen LogP contribution >= 0.6 is 28.1 Å². The van der Waals surface area contributed by atoms with Crippen molar-refractivity contribution in [2.24, 2.45) is 0 Å². The van der Waals surface area contributed by atoms with Crippen LogP contribution in [0.5, 0.6) is 5.75 Å². The number of halogens is 1. The van der Waals surface area contributed by atoms with E-state index in [-0.39, 0.29) is 17.0 Å². The molecule has 8 heteroatoms. The number of anilines is 1. The molecule has 6 nitrogen and oxygen atoms in total. The normalized spacial score (nSPS) is 10.2. The van der Waals surface area contributed by atoms with Crippen LogP contribution in [-0.4, -0.2) is 30.2 Å². The molecule has 2 aromatic rings. The predicted octanol–water partition coefficient (Wildman–Crippen LogP) is 4.93. The van der Waals surface area contributed by atoms with Crippen molar-refractivity contribution < 1.29 is 19.1 Å². The van der Waals surface area contributed by atoms with Gasteiger partial charge < -0.3 is 14.8 Å². The second-order valence-electron chi connectivity index (χ2n) is 6.11. The highest BCUT2D eigenvalue weighted by atomic mass is 79.9. The Balaban J connectivity index is 1.99. The maximum atomic E-state index is 12.6. The smallest absolute Gasteiger partial charge is 0.338 e. The van der Waals surface area contributed by atoms with Crippen LogP contribution in [0.4, 0.5) is 5.69 Å². The Morgan fingerprint density at radius 3 is 2.38 bits per heavy atom. The highest BCUT2D eigenvalue weighted by Crippen LogP contribution is 2.23. The molecule has 1 amide bonds. The minimum Gasteiger partial charge on any atom is -0.493 e. The molecule has 0 saturated heterocycles. The lowest BCUT2D eigenvalue weighted by molar-refractivity contribution is 0.0505. The number of carbonyl (C=O) groups is 2. The van der Waals surface area contributed by atoms with Gasteiger partial charge in [-0.2, -0.15) is 0 Å². The van der Waals surface area contributed by atoms with Gasteiger partial charge in [0.15, 0.2) is 5.11 Å². The molecule has 0 aromatic heterocycles. The molecule has 0 heterocycles. The number of carbonyl (C=O) groups excluding carboxylic acids is 2. The first-order chi connectivity index (χ1) is 13.9. The zero-order valence-corrected chi connectivity index (χ0v) is 18.7. The zero-order chi connectivity index (χ0) is 21.2. The Hall–Kier alpha value is -2.45. The van der Waals surface area contributed by atoms with Gasteiger partial charge in [0.1, 0.15) is 5.75 Å². The monoisotopic (exact) mass is 478 g/mol. The van der Waals surface area contributed by atoms with Crippen molar-refractivity contribution >= 4 is 50.8 Å². The van der Waals surface area contributed by atoms with Crippen LogP contribution in [-0.2, 0) is 4.74 Å². The molecule has 0 spiro atoms. The SMILES string of the molecule is CCCOC(=O)c1ccc(NC(=S)NC(=O)c2cc(Br)ccc2OCCC)cc1. The van der Waals surface area contributed by atoms with Gasteiger partial charge in [0.25, 0.3) is 5.91 Å². The summed E-state index contributed by atoms with van der Waals surface area (Å²) in [5.74, 6) is -0.261. The molecule has 2 aromatic carbocycles. The quantitative estimate of drug-likeness (QED) is 0.413. The average Bonchev–Trinajstić information content (AvgIpc) is 2.71. The number of ether oxygens (including phenoxy) is 2. The molecular formula is C21H23BrN2O4S. The summed E-state index contributed by atoms with van der Waals surface area (Å²) < 4.78 is 11.5. The molecule has 29 heavy (non-hydrogen) atoms. The standard InChI is InChI=1S/C21H23BrN2O4S/c1-3-11-27-18-10-7-15(22)13-17(18)19(25)24-21(29)23-16-8-5-14(6-9-16)20(26)28-12-4-2/h5-10,13H,3-4,11-12H2,1-2H3,(H2,23,24,25,29). The zero-order valence-electron chi connectivity index (χ0n) is 16.3. The third-order valence-corrected chi connectivity index (χ3v) is 4.39. The fourth-order valence-corrected chi connectivity index (χ4v) is 2.89. The van der Waals surface area contributed by atoms with Gasteiger partial charge in [0.2, 0.25) is 0 Å². The summed E-state index contributed by atoms with van der Waals surface area (Å²) in [6.07, 6.45) is 1.60. The van der Waals surface area contributed by atoms with Crippen LogP contribution in [0.1, 0.15) is 47.4 Å². The van der Waals surface area contributed by atoms with E-state index in [9.17, 15) is 9.59 Å². The number of esters is 1. The van der Waals surface area contributed by atoms with Crippen molar-refractivity contribution in [2.45, 2.75) is 26.7 Å². The maximum absolute atomic E-state index is 12.6. The Morgan fingerprint density at radius 1 is 1.03 bits per heavy atom. The van der Waals surface area contributed by atoms with Crippen LogP contribution in [0.15, 0.2) is 46.9 Å². The van der Waals surface area contributed by atoms with Gasteiger partial charge in [0.05, 0.1) is 24.3 Å². The summed E-state index contributed by atoms with van der Waals surface area (Å²) in [5, 5.41) is 5.70. The fraction of sp³-hybridized carbons (Fsp3) is 0.286. The van der Waals surface area contributed by atoms with Crippen molar-refractivity contribution in [3.05, 3.63) is 58.1 Å². The van der Waals surface area contributed by atoms with Crippen molar-refractivity contribution in [1.82, 2.24) is 5.32 Å². The summed E-state index contributed by atoms with van der Waals surface area (Å²) in [7, 11) is 0. The van der Waals surface area contributed by atoms with E-state index in [2.05, 4.69) is 26.6 Å². The molecule has 0 aliphatic heterocycles. The lowest BCUT2D eigenvalue weighted by Gasteiger charge is -2.13. The minimum absolute atomic E-state index is 0.137. The lowest BCUT2D eigenvalue weighted by Crippen LogP contribution is -2.34. The van der Waals surface area contributed by atoms with Crippen molar-refractivity contribution in [3.8, 4) is 5.75 Å². The molecule has 154 valence electrons. The third kappa shape index (κ3) is 7.14. The summed E-state index contributed by atoms with van der Waals surface area (Å²) >= 11 is 8.60. The van der Waals surface area contributed by atoms with E-state index in [1.165, 1.54) is 0 Å². The number of benzene rings is 2. The number of thiocarbonyl (C=S) groups is 1. The first-order valence-electron chi connectivity index (χ1n) is 9.26. The Bertz CT molecular complexity index is 871. The van der Waals surface area contributed by atoms with Crippen molar-refractivity contribution in [1.29, 1.82) is 0 Å². The third-order valence-electron chi connectivity index (χ3n) is 3.69. The molecule has 0 fully saturated rings. The highest BCUT2D eigenvalue weighted by molar-refractivity contribution is 9.10. The molecule has 2 N–H and O–H groups in total. The molecule has 0 unspecified atom stereocenters. The second-order valence-corrected chi connectivity index (χ2v) is 7.43. The number of hydrogen-bond donors (Lipinski definition) is 2. The fourth-order valence-electron chi connectivity index (χ4n) is 2.32. The van der Waals surface area contributed by atoms with Gasteiger partial charge in [0, 0.05) is 10.2 Å². The predicted molar refractivity (Wildman–Crippen MR) is 121 cm³/mol. The van der Waals surface area contributed by atoms with Gasteiger partial charge in [-0.1, -0.05) is 29.8 Å². The molecule has 0 saturated carbocycles. The van der Waals surface area contributed by atoms with Crippen LogP contribution in [0.2, 0.25) is 0 Å². The molecular weight excluding hydrogens is 456 g/mol. The van der Waals surface area contributed by atoms with Gasteiger partial charge in [-0.3, -0.25) is 10.1 Å². The van der Waals surface area contributed by atoms with Crippen LogP contribution < -0.4 is 15.4 Å². The summed E-state index contributed by atoms with van der Waals surface area (Å²) in [5.41, 5.74) is 1.47. The molecule has 0 aliphatic rings. The van der Waals surface area contributed by atoms with E-state index < -0.39 is 0 Å². The lowest BCUT2D eigenvalue weighted by atomic mass is 10.2.